The third kappa shape index (κ3) is 5.70. The Labute approximate surface area is 188 Å². The number of anilines is 1. The molecule has 0 aliphatic carbocycles. The molecule has 0 spiro atoms. The van der Waals surface area contributed by atoms with Crippen LogP contribution in [0.25, 0.3) is 0 Å². The van der Waals surface area contributed by atoms with Gasteiger partial charge in [-0.25, -0.2) is 5.43 Å². The Bertz CT molecular complexity index is 1240. The van der Waals surface area contributed by atoms with E-state index in [2.05, 4.69) is 15.8 Å². The number of phenols is 1. The average Bonchev–Trinajstić information content (AvgIpc) is 2.80. The number of nitrogens with zero attached hydrogens (tertiary/aromatic N) is 2. The summed E-state index contributed by atoms with van der Waals surface area (Å²) in [6.07, 6.45) is 1.06. The summed E-state index contributed by atoms with van der Waals surface area (Å²) in [5.74, 6) is -1.37. The second-order valence-corrected chi connectivity index (χ2v) is 6.94. The summed E-state index contributed by atoms with van der Waals surface area (Å²) in [5.41, 5.74) is 4.09. The molecular formula is C23H20N4O6. The van der Waals surface area contributed by atoms with E-state index in [1.54, 1.807) is 24.3 Å². The Balaban J connectivity index is 1.71. The Morgan fingerprint density at radius 3 is 2.45 bits per heavy atom. The summed E-state index contributed by atoms with van der Waals surface area (Å²) >= 11 is 0. The largest absolute Gasteiger partial charge is 0.504 e. The van der Waals surface area contributed by atoms with E-state index < -0.39 is 10.8 Å². The average molecular weight is 448 g/mol. The maximum Gasteiger partial charge on any atom is 0.274 e. The standard InChI is InChI=1S/C23H20N4O6/c1-14-6-8-15(9-7-14)22(29)25-18-5-3-4-16(10-18)23(30)26-24-13-17-11-19(27(31)32)12-20(33-2)21(17)28/h3-13,28H,1-2H3,(H,25,29)(H,26,30)/b24-13+. The number of benzene rings is 3. The van der Waals surface area contributed by atoms with Gasteiger partial charge in [-0.1, -0.05) is 23.8 Å². The number of nitro groups is 1. The first-order valence-corrected chi connectivity index (χ1v) is 9.65. The van der Waals surface area contributed by atoms with E-state index in [-0.39, 0.29) is 34.2 Å². The third-order valence-electron chi connectivity index (χ3n) is 4.59. The zero-order valence-electron chi connectivity index (χ0n) is 17.7. The van der Waals surface area contributed by atoms with Crippen molar-refractivity contribution < 1.29 is 24.4 Å². The van der Waals surface area contributed by atoms with E-state index >= 15 is 0 Å². The molecule has 3 aromatic carbocycles. The number of hydrogen-bond donors (Lipinski definition) is 3. The van der Waals surface area contributed by atoms with Gasteiger partial charge < -0.3 is 15.2 Å². The first kappa shape index (κ1) is 22.9. The minimum atomic E-state index is -0.645. The first-order valence-electron chi connectivity index (χ1n) is 9.65. The second kappa shape index (κ2) is 10.1. The molecule has 0 bridgehead atoms. The van der Waals surface area contributed by atoms with Crippen LogP contribution in [0.5, 0.6) is 11.5 Å². The maximum absolute atomic E-state index is 12.4. The van der Waals surface area contributed by atoms with Crippen LogP contribution in [-0.4, -0.2) is 35.2 Å². The smallest absolute Gasteiger partial charge is 0.274 e. The molecule has 168 valence electrons. The quantitative estimate of drug-likeness (QED) is 0.286. The number of non-ortho nitro benzene ring substituents is 1. The molecule has 0 saturated carbocycles. The lowest BCUT2D eigenvalue weighted by atomic mass is 10.1. The van der Waals surface area contributed by atoms with E-state index in [9.17, 15) is 24.8 Å². The summed E-state index contributed by atoms with van der Waals surface area (Å²) in [4.78, 5) is 35.2. The summed E-state index contributed by atoms with van der Waals surface area (Å²) in [6.45, 7) is 1.92. The third-order valence-corrected chi connectivity index (χ3v) is 4.59. The molecule has 3 N–H and O–H groups in total. The van der Waals surface area contributed by atoms with E-state index in [0.29, 0.717) is 11.3 Å². The van der Waals surface area contributed by atoms with Crippen molar-refractivity contribution in [3.05, 3.63) is 93.0 Å². The van der Waals surface area contributed by atoms with Crippen molar-refractivity contribution in [3.8, 4) is 11.5 Å². The van der Waals surface area contributed by atoms with Crippen molar-refractivity contribution in [1.82, 2.24) is 5.43 Å². The second-order valence-electron chi connectivity index (χ2n) is 6.94. The molecule has 0 aromatic heterocycles. The number of nitro benzene ring substituents is 1. The molecule has 0 saturated heterocycles. The number of aromatic hydroxyl groups is 1. The predicted molar refractivity (Wildman–Crippen MR) is 122 cm³/mol. The fourth-order valence-corrected chi connectivity index (χ4v) is 2.85. The van der Waals surface area contributed by atoms with Crippen LogP contribution in [0.15, 0.2) is 65.8 Å². The van der Waals surface area contributed by atoms with E-state index in [0.717, 1.165) is 23.9 Å². The number of hydrazone groups is 1. The number of carbonyl (C=O) groups is 2. The van der Waals surface area contributed by atoms with Crippen molar-refractivity contribution in [2.75, 3.05) is 12.4 Å². The zero-order chi connectivity index (χ0) is 24.0. The molecule has 0 aliphatic rings. The molecular weight excluding hydrogens is 428 g/mol. The normalized spacial score (nSPS) is 10.6. The van der Waals surface area contributed by atoms with E-state index in [4.69, 9.17) is 4.74 Å². The predicted octanol–water partition coefficient (Wildman–Crippen LogP) is 3.63. The molecule has 33 heavy (non-hydrogen) atoms. The number of carbonyl (C=O) groups excluding carboxylic acids is 2. The SMILES string of the molecule is COc1cc([N+](=O)[O-])cc(/C=N/NC(=O)c2cccc(NC(=O)c3ccc(C)cc3)c2)c1O. The Kier molecular flexibility index (Phi) is 6.99. The molecule has 3 aromatic rings. The topological polar surface area (TPSA) is 143 Å². The molecule has 0 radical (unpaired) electrons. The van der Waals surface area contributed by atoms with Gasteiger partial charge in [0.05, 0.1) is 24.3 Å². The van der Waals surface area contributed by atoms with Gasteiger partial charge in [0.25, 0.3) is 17.5 Å². The summed E-state index contributed by atoms with van der Waals surface area (Å²) in [6, 6.07) is 15.5. The van der Waals surface area contributed by atoms with Gasteiger partial charge >= 0.3 is 0 Å². The van der Waals surface area contributed by atoms with Crippen LogP contribution >= 0.6 is 0 Å². The number of rotatable bonds is 7. The maximum atomic E-state index is 12.4. The van der Waals surface area contributed by atoms with Gasteiger partial charge in [0.15, 0.2) is 11.5 Å². The Morgan fingerprint density at radius 2 is 1.79 bits per heavy atom. The van der Waals surface area contributed by atoms with Gasteiger partial charge in [0.1, 0.15) is 0 Å². The van der Waals surface area contributed by atoms with Crippen molar-refractivity contribution in [2.45, 2.75) is 6.92 Å². The number of hydrogen-bond acceptors (Lipinski definition) is 7. The number of nitrogens with one attached hydrogen (secondary N) is 2. The molecule has 2 amide bonds. The van der Waals surface area contributed by atoms with Crippen molar-refractivity contribution in [2.24, 2.45) is 5.10 Å². The molecule has 3 rings (SSSR count). The van der Waals surface area contributed by atoms with Gasteiger partial charge in [0.2, 0.25) is 0 Å². The highest BCUT2D eigenvalue weighted by atomic mass is 16.6. The molecule has 0 heterocycles. The summed E-state index contributed by atoms with van der Waals surface area (Å²) in [5, 5.41) is 27.6. The molecule has 10 nitrogen and oxygen atoms in total. The van der Waals surface area contributed by atoms with Crippen LogP contribution in [0.3, 0.4) is 0 Å². The highest BCUT2D eigenvalue weighted by Crippen LogP contribution is 2.33. The fourth-order valence-electron chi connectivity index (χ4n) is 2.85. The van der Waals surface area contributed by atoms with Crippen LogP contribution in [-0.2, 0) is 0 Å². The lowest BCUT2D eigenvalue weighted by Gasteiger charge is -2.08. The van der Waals surface area contributed by atoms with Gasteiger partial charge in [-0.2, -0.15) is 5.10 Å². The summed E-state index contributed by atoms with van der Waals surface area (Å²) < 4.78 is 4.92. The highest BCUT2D eigenvalue weighted by molar-refractivity contribution is 6.05. The zero-order valence-corrected chi connectivity index (χ0v) is 17.7. The van der Waals surface area contributed by atoms with Crippen LogP contribution in [0, 0.1) is 17.0 Å². The monoisotopic (exact) mass is 448 g/mol. The molecule has 0 fully saturated rings. The van der Waals surface area contributed by atoms with Gasteiger partial charge in [0, 0.05) is 28.4 Å². The van der Waals surface area contributed by atoms with Crippen molar-refractivity contribution >= 4 is 29.4 Å². The molecule has 0 atom stereocenters. The molecule has 10 heteroatoms. The Hall–Kier alpha value is -4.73. The van der Waals surface area contributed by atoms with Gasteiger partial charge in [-0.15, -0.1) is 0 Å². The number of ether oxygens (including phenoxy) is 1. The van der Waals surface area contributed by atoms with Gasteiger partial charge in [-0.05, 0) is 37.3 Å². The lowest BCUT2D eigenvalue weighted by Crippen LogP contribution is -2.18. The van der Waals surface area contributed by atoms with Crippen molar-refractivity contribution in [3.63, 3.8) is 0 Å². The fraction of sp³-hybridized carbons (Fsp3) is 0.0870. The summed E-state index contributed by atoms with van der Waals surface area (Å²) in [7, 11) is 1.26. The Morgan fingerprint density at radius 1 is 1.06 bits per heavy atom. The van der Waals surface area contributed by atoms with Crippen LogP contribution in [0.4, 0.5) is 11.4 Å². The van der Waals surface area contributed by atoms with Gasteiger partial charge in [-0.3, -0.25) is 19.7 Å². The minimum Gasteiger partial charge on any atom is -0.504 e. The van der Waals surface area contributed by atoms with Crippen LogP contribution in [0.1, 0.15) is 31.8 Å². The number of aryl methyl sites for hydroxylation is 1. The minimum absolute atomic E-state index is 0.0135. The highest BCUT2D eigenvalue weighted by Gasteiger charge is 2.16. The lowest BCUT2D eigenvalue weighted by molar-refractivity contribution is -0.385. The van der Waals surface area contributed by atoms with E-state index in [1.807, 2.05) is 19.1 Å². The van der Waals surface area contributed by atoms with Crippen LogP contribution in [0.2, 0.25) is 0 Å². The van der Waals surface area contributed by atoms with Crippen molar-refractivity contribution in [1.29, 1.82) is 0 Å². The number of phenolic OH excluding ortho intramolecular Hbond substituents is 1. The number of methoxy groups -OCH3 is 1. The molecule has 0 unspecified atom stereocenters. The van der Waals surface area contributed by atoms with Crippen LogP contribution < -0.4 is 15.5 Å². The number of amides is 2. The molecule has 0 aliphatic heterocycles. The van der Waals surface area contributed by atoms with E-state index in [1.165, 1.54) is 19.2 Å². The first-order chi connectivity index (χ1) is 15.8.